The van der Waals surface area contributed by atoms with Gasteiger partial charge in [0.15, 0.2) is 0 Å². The van der Waals surface area contributed by atoms with Crippen LogP contribution in [0.15, 0.2) is 99.4 Å². The summed E-state index contributed by atoms with van der Waals surface area (Å²) >= 11 is 3.29. The summed E-state index contributed by atoms with van der Waals surface area (Å²) < 4.78 is 70.9. The van der Waals surface area contributed by atoms with E-state index in [1.807, 2.05) is 0 Å². The first-order chi connectivity index (χ1) is 19.4. The predicted molar refractivity (Wildman–Crippen MR) is 154 cm³/mol. The molecule has 0 aliphatic heterocycles. The summed E-state index contributed by atoms with van der Waals surface area (Å²) in [6.45, 7) is 2.76. The van der Waals surface area contributed by atoms with Crippen LogP contribution in [-0.4, -0.2) is 36.0 Å². The Balaban J connectivity index is 1.54. The first-order valence-electron chi connectivity index (χ1n) is 12.3. The van der Waals surface area contributed by atoms with E-state index in [0.29, 0.717) is 27.0 Å². The molecule has 3 aromatic carbocycles. The first kappa shape index (κ1) is 30.2. The maximum atomic E-state index is 13.6. The van der Waals surface area contributed by atoms with Crippen LogP contribution < -0.4 is 5.43 Å². The third-order valence-electron chi connectivity index (χ3n) is 6.29. The molecule has 0 spiro atoms. The number of alkyl halides is 3. The molecule has 214 valence electrons. The van der Waals surface area contributed by atoms with E-state index in [-0.39, 0.29) is 17.1 Å². The van der Waals surface area contributed by atoms with Gasteiger partial charge in [-0.1, -0.05) is 58.4 Å². The number of hydrogen-bond donors (Lipinski definition) is 1. The molecule has 1 N–H and O–H groups in total. The number of hydrogen-bond acceptors (Lipinski definition) is 4. The number of sulfonamides is 1. The van der Waals surface area contributed by atoms with Crippen LogP contribution in [0.3, 0.4) is 0 Å². The van der Waals surface area contributed by atoms with E-state index >= 15 is 0 Å². The standard InChI is InChI=1S/C29H26BrF3N4O3S/c1-20-16-23(21(2)37(20)27-11-7-6-10-26(27)29(31,32)33)17-34-35-28(38)19-36(18-22-8-4-3-5-9-22)41(39,40)25-14-12-24(30)13-15-25/h3-17H,18-19H2,1-2H3,(H,35,38)/b34-17+. The quantitative estimate of drug-likeness (QED) is 0.173. The van der Waals surface area contributed by atoms with E-state index in [9.17, 15) is 26.4 Å². The number of benzene rings is 3. The van der Waals surface area contributed by atoms with Crippen molar-refractivity contribution in [2.75, 3.05) is 6.54 Å². The highest BCUT2D eigenvalue weighted by Gasteiger charge is 2.34. The molecule has 0 radical (unpaired) electrons. The van der Waals surface area contributed by atoms with Gasteiger partial charge in [0.25, 0.3) is 5.91 Å². The van der Waals surface area contributed by atoms with Gasteiger partial charge in [0, 0.05) is 28.0 Å². The minimum absolute atomic E-state index is 0.0200. The van der Waals surface area contributed by atoms with E-state index in [1.165, 1.54) is 41.1 Å². The first-order valence-corrected chi connectivity index (χ1v) is 14.6. The Hall–Kier alpha value is -3.74. The fraction of sp³-hybridized carbons (Fsp3) is 0.172. The lowest BCUT2D eigenvalue weighted by Crippen LogP contribution is -2.39. The summed E-state index contributed by atoms with van der Waals surface area (Å²) in [4.78, 5) is 12.9. The van der Waals surface area contributed by atoms with Gasteiger partial charge >= 0.3 is 6.18 Å². The molecule has 4 rings (SSSR count). The molecule has 0 fully saturated rings. The molecule has 7 nitrogen and oxygen atoms in total. The predicted octanol–water partition coefficient (Wildman–Crippen LogP) is 6.22. The molecule has 1 heterocycles. The fourth-order valence-electron chi connectivity index (χ4n) is 4.34. The molecule has 41 heavy (non-hydrogen) atoms. The molecule has 0 unspecified atom stereocenters. The number of rotatable bonds is 9. The number of aryl methyl sites for hydroxylation is 1. The average Bonchev–Trinajstić information content (AvgIpc) is 3.21. The molecule has 1 amide bonds. The molecule has 0 aliphatic carbocycles. The molecule has 0 saturated heterocycles. The van der Waals surface area contributed by atoms with Gasteiger partial charge in [-0.3, -0.25) is 4.79 Å². The maximum absolute atomic E-state index is 13.6. The van der Waals surface area contributed by atoms with E-state index in [4.69, 9.17) is 0 Å². The van der Waals surface area contributed by atoms with E-state index in [1.54, 1.807) is 62.4 Å². The Morgan fingerprint density at radius 2 is 1.63 bits per heavy atom. The molecule has 0 saturated carbocycles. The topological polar surface area (TPSA) is 83.8 Å². The summed E-state index contributed by atoms with van der Waals surface area (Å²) in [6.07, 6.45) is -3.22. The number of halogens is 4. The van der Waals surface area contributed by atoms with Crippen molar-refractivity contribution in [3.63, 3.8) is 0 Å². The minimum Gasteiger partial charge on any atom is -0.317 e. The zero-order valence-electron chi connectivity index (χ0n) is 22.1. The molecule has 12 heteroatoms. The second-order valence-electron chi connectivity index (χ2n) is 9.18. The average molecular weight is 648 g/mol. The SMILES string of the molecule is Cc1cc(/C=N/NC(=O)CN(Cc2ccccc2)S(=O)(=O)c2ccc(Br)cc2)c(C)n1-c1ccccc1C(F)(F)F. The van der Waals surface area contributed by atoms with Gasteiger partial charge in [0.1, 0.15) is 0 Å². The Labute approximate surface area is 244 Å². The van der Waals surface area contributed by atoms with Crippen LogP contribution in [0.2, 0.25) is 0 Å². The van der Waals surface area contributed by atoms with Gasteiger partial charge in [-0.2, -0.15) is 22.6 Å². The number of amides is 1. The zero-order valence-corrected chi connectivity index (χ0v) is 24.5. The third-order valence-corrected chi connectivity index (χ3v) is 8.62. The van der Waals surface area contributed by atoms with Crippen LogP contribution in [0.1, 0.15) is 28.1 Å². The zero-order chi connectivity index (χ0) is 29.8. The lowest BCUT2D eigenvalue weighted by Gasteiger charge is -2.21. The van der Waals surface area contributed by atoms with Crippen LogP contribution in [0, 0.1) is 13.8 Å². The molecule has 0 atom stereocenters. The van der Waals surface area contributed by atoms with Crippen LogP contribution in [-0.2, 0) is 27.5 Å². The normalized spacial score (nSPS) is 12.3. The fourth-order valence-corrected chi connectivity index (χ4v) is 5.98. The maximum Gasteiger partial charge on any atom is 0.418 e. The third kappa shape index (κ3) is 7.13. The highest BCUT2D eigenvalue weighted by atomic mass is 79.9. The number of nitrogens with one attached hydrogen (secondary N) is 1. The largest absolute Gasteiger partial charge is 0.418 e. The van der Waals surface area contributed by atoms with Crippen LogP contribution >= 0.6 is 15.9 Å². The summed E-state index contributed by atoms with van der Waals surface area (Å²) in [5, 5.41) is 3.96. The molecule has 1 aromatic heterocycles. The lowest BCUT2D eigenvalue weighted by molar-refractivity contribution is -0.137. The lowest BCUT2D eigenvalue weighted by atomic mass is 10.1. The van der Waals surface area contributed by atoms with Crippen molar-refractivity contribution >= 4 is 38.1 Å². The Bertz CT molecular complexity index is 1670. The highest BCUT2D eigenvalue weighted by Crippen LogP contribution is 2.35. The molecule has 0 bridgehead atoms. The summed E-state index contributed by atoms with van der Waals surface area (Å²) in [5.41, 5.74) is 3.76. The van der Waals surface area contributed by atoms with E-state index in [0.717, 1.165) is 10.4 Å². The number of carbonyl (C=O) groups excluding carboxylic acids is 1. The van der Waals surface area contributed by atoms with Crippen LogP contribution in [0.5, 0.6) is 0 Å². The molecular weight excluding hydrogens is 621 g/mol. The number of hydrazone groups is 1. The Morgan fingerprint density at radius 1 is 1.00 bits per heavy atom. The van der Waals surface area contributed by atoms with Gasteiger partial charge in [-0.25, -0.2) is 13.8 Å². The monoisotopic (exact) mass is 646 g/mol. The minimum atomic E-state index is -4.54. The van der Waals surface area contributed by atoms with Gasteiger partial charge in [0.05, 0.1) is 28.9 Å². The smallest absolute Gasteiger partial charge is 0.317 e. The van der Waals surface area contributed by atoms with Crippen molar-refractivity contribution in [1.29, 1.82) is 0 Å². The molecular formula is C29H26BrF3N4O3S. The van der Waals surface area contributed by atoms with E-state index < -0.39 is 34.2 Å². The number of nitrogens with zero attached hydrogens (tertiary/aromatic N) is 3. The summed E-state index contributed by atoms with van der Waals surface area (Å²) in [6, 6.07) is 21.9. The van der Waals surface area contributed by atoms with Crippen molar-refractivity contribution < 1.29 is 26.4 Å². The van der Waals surface area contributed by atoms with Crippen molar-refractivity contribution in [3.8, 4) is 5.69 Å². The number of carbonyl (C=O) groups is 1. The molecule has 0 aliphatic rings. The van der Waals surface area contributed by atoms with Crippen molar-refractivity contribution in [3.05, 3.63) is 117 Å². The van der Waals surface area contributed by atoms with Crippen molar-refractivity contribution in [2.45, 2.75) is 31.5 Å². The summed E-state index contributed by atoms with van der Waals surface area (Å²) in [5.74, 6) is -0.686. The second kappa shape index (κ2) is 12.4. The second-order valence-corrected chi connectivity index (χ2v) is 12.0. The van der Waals surface area contributed by atoms with Gasteiger partial charge in [-0.05, 0) is 61.9 Å². The van der Waals surface area contributed by atoms with E-state index in [2.05, 4.69) is 26.5 Å². The Morgan fingerprint density at radius 3 is 2.29 bits per heavy atom. The van der Waals surface area contributed by atoms with Gasteiger partial charge in [0.2, 0.25) is 10.0 Å². The number of aromatic nitrogens is 1. The molecule has 4 aromatic rings. The van der Waals surface area contributed by atoms with Crippen molar-refractivity contribution in [1.82, 2.24) is 14.3 Å². The van der Waals surface area contributed by atoms with Gasteiger partial charge < -0.3 is 4.57 Å². The summed E-state index contributed by atoms with van der Waals surface area (Å²) in [7, 11) is -4.04. The Kier molecular flexibility index (Phi) is 9.15. The number of para-hydroxylation sites is 1. The van der Waals surface area contributed by atoms with Crippen LogP contribution in [0.25, 0.3) is 5.69 Å². The van der Waals surface area contributed by atoms with Gasteiger partial charge in [-0.15, -0.1) is 0 Å². The highest BCUT2D eigenvalue weighted by molar-refractivity contribution is 9.10. The van der Waals surface area contributed by atoms with Crippen LogP contribution in [0.4, 0.5) is 13.2 Å². The van der Waals surface area contributed by atoms with Crippen molar-refractivity contribution in [2.24, 2.45) is 5.10 Å².